The summed E-state index contributed by atoms with van der Waals surface area (Å²) in [6.45, 7) is 12.9. The Morgan fingerprint density at radius 2 is 1.91 bits per heavy atom. The average Bonchev–Trinajstić information content (AvgIpc) is 3.33. The van der Waals surface area contributed by atoms with Gasteiger partial charge in [-0.2, -0.15) is 0 Å². The van der Waals surface area contributed by atoms with Gasteiger partial charge in [0, 0.05) is 28.0 Å². The number of hydrogen-bond acceptors (Lipinski definition) is 4. The van der Waals surface area contributed by atoms with Gasteiger partial charge in [-0.05, 0) is 94.5 Å². The number of aryl methyl sites for hydroxylation is 3. The number of hydrogen-bond donors (Lipinski definition) is 1. The molecule has 4 nitrogen and oxygen atoms in total. The minimum absolute atomic E-state index is 0.176. The summed E-state index contributed by atoms with van der Waals surface area (Å²) in [4.78, 5) is 0. The first-order chi connectivity index (χ1) is 16.3. The van der Waals surface area contributed by atoms with E-state index in [9.17, 15) is 5.11 Å². The highest BCUT2D eigenvalue weighted by atomic mass is 16.6. The normalized spacial score (nSPS) is 26.8. The number of phenolic OH excluding ortho intramolecular Hbond substituents is 1. The number of phenols is 1. The van der Waals surface area contributed by atoms with E-state index in [4.69, 9.17) is 13.9 Å². The number of aromatic hydroxyl groups is 1. The van der Waals surface area contributed by atoms with Crippen LogP contribution in [0.4, 0.5) is 0 Å². The Labute approximate surface area is 201 Å². The lowest BCUT2D eigenvalue weighted by molar-refractivity contribution is -0.0373. The Morgan fingerprint density at radius 1 is 1.12 bits per heavy atom. The number of rotatable bonds is 3. The molecule has 34 heavy (non-hydrogen) atoms. The zero-order valence-corrected chi connectivity index (χ0v) is 21.0. The van der Waals surface area contributed by atoms with E-state index in [0.717, 1.165) is 59.3 Å². The fourth-order valence-corrected chi connectivity index (χ4v) is 6.99. The van der Waals surface area contributed by atoms with Crippen molar-refractivity contribution >= 4 is 11.0 Å². The Kier molecular flexibility index (Phi) is 4.65. The molecule has 0 saturated carbocycles. The van der Waals surface area contributed by atoms with E-state index in [-0.39, 0.29) is 17.8 Å². The minimum atomic E-state index is -0.683. The molecule has 2 aromatic carbocycles. The second kappa shape index (κ2) is 7.31. The summed E-state index contributed by atoms with van der Waals surface area (Å²) in [5, 5.41) is 12.5. The van der Waals surface area contributed by atoms with E-state index >= 15 is 0 Å². The van der Waals surface area contributed by atoms with Crippen LogP contribution in [0.3, 0.4) is 0 Å². The largest absolute Gasteiger partial charge is 0.504 e. The fraction of sp³-hybridized carbons (Fsp3) is 0.467. The maximum atomic E-state index is 11.3. The third kappa shape index (κ3) is 2.66. The number of fused-ring (bicyclic) bond motifs is 6. The highest BCUT2D eigenvalue weighted by molar-refractivity contribution is 5.93. The van der Waals surface area contributed by atoms with Crippen LogP contribution in [0.25, 0.3) is 11.0 Å². The first-order valence-electron chi connectivity index (χ1n) is 12.6. The van der Waals surface area contributed by atoms with Gasteiger partial charge in [0.05, 0.1) is 6.26 Å². The summed E-state index contributed by atoms with van der Waals surface area (Å²) in [5.74, 6) is 2.43. The van der Waals surface area contributed by atoms with E-state index in [1.165, 1.54) is 22.1 Å². The van der Waals surface area contributed by atoms with Crippen molar-refractivity contribution in [3.8, 4) is 17.2 Å². The molecule has 1 aromatic heterocycles. The zero-order chi connectivity index (χ0) is 23.9. The Hall–Kier alpha value is -2.88. The first-order valence-corrected chi connectivity index (χ1v) is 12.6. The van der Waals surface area contributed by atoms with Crippen LogP contribution >= 0.6 is 0 Å². The van der Waals surface area contributed by atoms with Gasteiger partial charge in [0.15, 0.2) is 28.4 Å². The third-order valence-corrected chi connectivity index (χ3v) is 8.65. The molecule has 178 valence electrons. The van der Waals surface area contributed by atoms with Crippen LogP contribution in [-0.4, -0.2) is 11.2 Å². The predicted octanol–water partition coefficient (Wildman–Crippen LogP) is 7.62. The minimum Gasteiger partial charge on any atom is -0.504 e. The van der Waals surface area contributed by atoms with Gasteiger partial charge in [0.1, 0.15) is 6.10 Å². The van der Waals surface area contributed by atoms with E-state index in [0.29, 0.717) is 11.7 Å². The quantitative estimate of drug-likeness (QED) is 0.410. The van der Waals surface area contributed by atoms with Gasteiger partial charge in [-0.3, -0.25) is 0 Å². The monoisotopic (exact) mass is 458 g/mol. The van der Waals surface area contributed by atoms with Gasteiger partial charge in [0.25, 0.3) is 0 Å². The molecule has 3 aromatic rings. The molecular formula is C30H34O4. The summed E-state index contributed by atoms with van der Waals surface area (Å²) < 4.78 is 19.7. The summed E-state index contributed by atoms with van der Waals surface area (Å²) in [6, 6.07) is 2.18. The fourth-order valence-electron chi connectivity index (χ4n) is 6.99. The summed E-state index contributed by atoms with van der Waals surface area (Å²) >= 11 is 0. The van der Waals surface area contributed by atoms with Crippen LogP contribution in [0.2, 0.25) is 0 Å². The SMILES string of the molecule is C/C=C/CCc1c(C)cc2c(c1O)OC1C3CC[C@H](C)c4c3c(c3occ(C)c3c4C)OC21C. The van der Waals surface area contributed by atoms with Crippen molar-refractivity contribution in [3.05, 3.63) is 63.4 Å². The molecule has 4 heteroatoms. The molecule has 0 bridgehead atoms. The van der Waals surface area contributed by atoms with Crippen LogP contribution in [-0.2, 0) is 12.0 Å². The number of allylic oxidation sites excluding steroid dienone is 2. The number of furan rings is 1. The maximum Gasteiger partial charge on any atom is 0.176 e. The van der Waals surface area contributed by atoms with Crippen molar-refractivity contribution in [1.29, 1.82) is 0 Å². The molecule has 0 spiro atoms. The summed E-state index contributed by atoms with van der Waals surface area (Å²) in [5.41, 5.74) is 8.29. The van der Waals surface area contributed by atoms with Crippen LogP contribution in [0, 0.1) is 20.8 Å². The van der Waals surface area contributed by atoms with E-state index in [1.54, 1.807) is 0 Å². The molecule has 0 radical (unpaired) electrons. The molecule has 4 atom stereocenters. The van der Waals surface area contributed by atoms with E-state index < -0.39 is 5.60 Å². The second-order valence-electron chi connectivity index (χ2n) is 10.7. The van der Waals surface area contributed by atoms with Crippen LogP contribution < -0.4 is 9.47 Å². The van der Waals surface area contributed by atoms with Gasteiger partial charge in [-0.1, -0.05) is 19.1 Å². The van der Waals surface area contributed by atoms with Crippen LogP contribution in [0.15, 0.2) is 28.9 Å². The van der Waals surface area contributed by atoms with E-state index in [2.05, 4.69) is 52.8 Å². The van der Waals surface area contributed by atoms with Crippen molar-refractivity contribution in [1.82, 2.24) is 0 Å². The van der Waals surface area contributed by atoms with Gasteiger partial charge in [-0.25, -0.2) is 0 Å². The third-order valence-electron chi connectivity index (χ3n) is 8.65. The second-order valence-corrected chi connectivity index (χ2v) is 10.7. The lowest BCUT2D eigenvalue weighted by Gasteiger charge is -2.45. The molecule has 2 aliphatic heterocycles. The topological polar surface area (TPSA) is 51.8 Å². The van der Waals surface area contributed by atoms with Crippen molar-refractivity contribution < 1.29 is 19.0 Å². The van der Waals surface area contributed by atoms with E-state index in [1.807, 2.05) is 13.2 Å². The van der Waals surface area contributed by atoms with Crippen LogP contribution in [0.1, 0.15) is 90.8 Å². The zero-order valence-electron chi connectivity index (χ0n) is 21.0. The Morgan fingerprint density at radius 3 is 2.68 bits per heavy atom. The molecule has 1 aliphatic carbocycles. The van der Waals surface area contributed by atoms with Gasteiger partial charge >= 0.3 is 0 Å². The molecule has 3 heterocycles. The van der Waals surface area contributed by atoms with Gasteiger partial charge < -0.3 is 19.0 Å². The van der Waals surface area contributed by atoms with Crippen LogP contribution in [0.5, 0.6) is 17.2 Å². The van der Waals surface area contributed by atoms with Gasteiger partial charge in [0.2, 0.25) is 0 Å². The summed E-state index contributed by atoms with van der Waals surface area (Å²) in [6.07, 6.45) is 9.70. The Bertz CT molecular complexity index is 1360. The Balaban J connectivity index is 1.56. The lowest BCUT2D eigenvalue weighted by atomic mass is 9.67. The first kappa shape index (κ1) is 21.6. The molecule has 6 rings (SSSR count). The molecular weight excluding hydrogens is 424 g/mol. The smallest absolute Gasteiger partial charge is 0.176 e. The molecule has 3 unspecified atom stereocenters. The molecule has 0 saturated heterocycles. The summed E-state index contributed by atoms with van der Waals surface area (Å²) in [7, 11) is 0. The van der Waals surface area contributed by atoms with Crippen molar-refractivity contribution in [2.75, 3.05) is 0 Å². The predicted molar refractivity (Wildman–Crippen MR) is 134 cm³/mol. The van der Waals surface area contributed by atoms with Gasteiger partial charge in [-0.15, -0.1) is 0 Å². The highest BCUT2D eigenvalue weighted by Crippen LogP contribution is 2.62. The molecule has 1 N–H and O–H groups in total. The number of benzene rings is 2. The highest BCUT2D eigenvalue weighted by Gasteiger charge is 2.58. The number of ether oxygens (including phenoxy) is 2. The molecule has 0 fully saturated rings. The standard InChI is InChI=1S/C30H34O4/c1-7-8-9-10-19-16(3)13-21-26(25(19)31)33-29-20-12-11-15(2)22-18(5)23-17(4)14-32-27(23)28(24(20)22)34-30(21,29)6/h7-8,13-15,20,29,31H,9-12H2,1-6H3/b8-7+/t15-,20?,29?,30?/m0/s1. The van der Waals surface area contributed by atoms with Crippen molar-refractivity contribution in [2.45, 2.75) is 90.8 Å². The van der Waals surface area contributed by atoms with Crippen molar-refractivity contribution in [3.63, 3.8) is 0 Å². The maximum absolute atomic E-state index is 11.3. The van der Waals surface area contributed by atoms with Crippen molar-refractivity contribution in [2.24, 2.45) is 0 Å². The lowest BCUT2D eigenvalue weighted by Crippen LogP contribution is -2.49. The molecule has 0 amide bonds. The average molecular weight is 459 g/mol. The molecule has 3 aliphatic rings.